The highest BCUT2D eigenvalue weighted by molar-refractivity contribution is 6.89. The van der Waals surface area contributed by atoms with Crippen LogP contribution in [0.4, 0.5) is 0 Å². The molecule has 0 fully saturated rings. The highest BCUT2D eigenvalue weighted by Gasteiger charge is 2.44. The fraction of sp³-hybridized carbons (Fsp3) is 0.867. The van der Waals surface area contributed by atoms with Crippen LogP contribution in [0.15, 0.2) is 12.8 Å². The maximum absolute atomic E-state index is 6.58. The van der Waals surface area contributed by atoms with Gasteiger partial charge in [0.2, 0.25) is 0 Å². The Bertz CT molecular complexity index is 379. The van der Waals surface area contributed by atoms with Gasteiger partial charge >= 0.3 is 17.1 Å². The van der Waals surface area contributed by atoms with Gasteiger partial charge in [0.25, 0.3) is 0 Å². The van der Waals surface area contributed by atoms with Gasteiger partial charge in [0.15, 0.2) is 16.6 Å². The number of ether oxygens (including phenoxy) is 2. The van der Waals surface area contributed by atoms with Crippen LogP contribution in [-0.4, -0.2) is 53.6 Å². The van der Waals surface area contributed by atoms with Gasteiger partial charge < -0.3 is 21.8 Å². The van der Waals surface area contributed by atoms with Crippen LogP contribution in [0.2, 0.25) is 65.0 Å². The smallest absolute Gasteiger partial charge is 0.318 e. The van der Waals surface area contributed by atoms with E-state index in [-0.39, 0.29) is 0 Å². The standard InChI is InChI=1S/C15H38O5Si4/c1-11-16-12-13-17-14-15-24(10,19-22(5,6)7)20-23(8,9)18-21(2,3)4/h11H,1,12-15H2,2-10H3. The van der Waals surface area contributed by atoms with Crippen molar-refractivity contribution < 1.29 is 21.8 Å². The van der Waals surface area contributed by atoms with Crippen LogP contribution < -0.4 is 0 Å². The van der Waals surface area contributed by atoms with Gasteiger partial charge in [-0.1, -0.05) is 6.58 Å². The summed E-state index contributed by atoms with van der Waals surface area (Å²) in [6, 6.07) is 0.802. The molecule has 0 aromatic rings. The van der Waals surface area contributed by atoms with Crippen molar-refractivity contribution in [2.45, 2.75) is 65.0 Å². The van der Waals surface area contributed by atoms with Gasteiger partial charge in [-0.25, -0.2) is 0 Å². The molecule has 0 N–H and O–H groups in total. The third-order valence-corrected chi connectivity index (χ3v) is 16.1. The summed E-state index contributed by atoms with van der Waals surface area (Å²) >= 11 is 0. The summed E-state index contributed by atoms with van der Waals surface area (Å²) in [5, 5.41) is 0. The van der Waals surface area contributed by atoms with Crippen LogP contribution in [0.25, 0.3) is 0 Å². The monoisotopic (exact) mass is 410 g/mol. The molecule has 0 heterocycles. The van der Waals surface area contributed by atoms with E-state index < -0.39 is 33.8 Å². The molecule has 0 saturated heterocycles. The lowest BCUT2D eigenvalue weighted by Gasteiger charge is -2.41. The maximum Gasteiger partial charge on any atom is 0.318 e. The molecule has 0 radical (unpaired) electrons. The van der Waals surface area contributed by atoms with Gasteiger partial charge in [-0.05, 0) is 58.9 Å². The Kier molecular flexibility index (Phi) is 9.91. The first-order valence-corrected chi connectivity index (χ1v) is 20.7. The lowest BCUT2D eigenvalue weighted by atomic mass is 10.7. The van der Waals surface area contributed by atoms with Crippen molar-refractivity contribution >= 4 is 33.8 Å². The summed E-state index contributed by atoms with van der Waals surface area (Å²) < 4.78 is 30.2. The average molecular weight is 411 g/mol. The van der Waals surface area contributed by atoms with E-state index in [1.807, 2.05) is 0 Å². The largest absolute Gasteiger partial charge is 0.499 e. The second-order valence-corrected chi connectivity index (χ2v) is 24.9. The van der Waals surface area contributed by atoms with Crippen molar-refractivity contribution in [1.29, 1.82) is 0 Å². The molecule has 0 saturated carbocycles. The summed E-state index contributed by atoms with van der Waals surface area (Å²) in [7, 11) is -7.94. The molecule has 0 bridgehead atoms. The molecule has 0 aliphatic rings. The first-order chi connectivity index (χ1) is 10.7. The topological polar surface area (TPSA) is 46.2 Å². The van der Waals surface area contributed by atoms with E-state index in [4.69, 9.17) is 21.8 Å². The lowest BCUT2D eigenvalue weighted by Crippen LogP contribution is -2.57. The van der Waals surface area contributed by atoms with E-state index in [0.29, 0.717) is 19.8 Å². The van der Waals surface area contributed by atoms with Crippen LogP contribution in [0.3, 0.4) is 0 Å². The van der Waals surface area contributed by atoms with E-state index in [0.717, 1.165) is 6.04 Å². The Morgan fingerprint density at radius 1 is 0.708 bits per heavy atom. The fourth-order valence-corrected chi connectivity index (χ4v) is 20.3. The van der Waals surface area contributed by atoms with Crippen molar-refractivity contribution in [2.75, 3.05) is 19.8 Å². The maximum atomic E-state index is 6.58. The third-order valence-electron chi connectivity index (χ3n) is 2.70. The summed E-state index contributed by atoms with van der Waals surface area (Å²) in [5.41, 5.74) is 0. The predicted molar refractivity (Wildman–Crippen MR) is 111 cm³/mol. The normalized spacial score (nSPS) is 15.9. The Labute approximate surface area is 153 Å². The molecule has 144 valence electrons. The molecule has 0 aliphatic carbocycles. The second kappa shape index (κ2) is 9.81. The zero-order chi connectivity index (χ0) is 19.1. The highest BCUT2D eigenvalue weighted by Crippen LogP contribution is 2.26. The van der Waals surface area contributed by atoms with Gasteiger partial charge in [-0.3, -0.25) is 0 Å². The van der Waals surface area contributed by atoms with E-state index in [9.17, 15) is 0 Å². The van der Waals surface area contributed by atoms with E-state index >= 15 is 0 Å². The van der Waals surface area contributed by atoms with Gasteiger partial charge in [0, 0.05) is 12.7 Å². The number of hydrogen-bond donors (Lipinski definition) is 0. The van der Waals surface area contributed by atoms with Crippen molar-refractivity contribution in [2.24, 2.45) is 0 Å². The quantitative estimate of drug-likeness (QED) is 0.251. The molecule has 5 nitrogen and oxygen atoms in total. The minimum absolute atomic E-state index is 0.524. The van der Waals surface area contributed by atoms with Crippen LogP contribution in [-0.2, 0) is 21.8 Å². The molecule has 0 aromatic heterocycles. The summed E-state index contributed by atoms with van der Waals surface area (Å²) in [5.74, 6) is 0. The van der Waals surface area contributed by atoms with Gasteiger partial charge in [0.1, 0.15) is 6.61 Å². The molecule has 0 spiro atoms. The molecular weight excluding hydrogens is 373 g/mol. The first-order valence-electron chi connectivity index (χ1n) is 8.59. The molecule has 1 atom stereocenters. The average Bonchev–Trinajstić information content (AvgIpc) is 2.26. The first kappa shape index (κ1) is 24.2. The Morgan fingerprint density at radius 3 is 1.71 bits per heavy atom. The predicted octanol–water partition coefficient (Wildman–Crippen LogP) is 4.66. The SMILES string of the molecule is C=COCCOCC[Si](C)(O[Si](C)(C)C)O[Si](C)(C)O[Si](C)(C)C. The van der Waals surface area contributed by atoms with Crippen LogP contribution in [0, 0.1) is 0 Å². The van der Waals surface area contributed by atoms with E-state index in [1.165, 1.54) is 6.26 Å². The lowest BCUT2D eigenvalue weighted by molar-refractivity contribution is 0.0903. The van der Waals surface area contributed by atoms with Crippen LogP contribution >= 0.6 is 0 Å². The van der Waals surface area contributed by atoms with Crippen LogP contribution in [0.5, 0.6) is 0 Å². The second-order valence-electron chi connectivity index (χ2n) is 8.46. The minimum atomic E-state index is -2.35. The third kappa shape index (κ3) is 13.5. The van der Waals surface area contributed by atoms with Crippen molar-refractivity contribution in [3.05, 3.63) is 12.8 Å². The summed E-state index contributed by atoms with van der Waals surface area (Å²) in [4.78, 5) is 0. The van der Waals surface area contributed by atoms with Gasteiger partial charge in [0.05, 0.1) is 12.9 Å². The van der Waals surface area contributed by atoms with Crippen LogP contribution in [0.1, 0.15) is 0 Å². The van der Waals surface area contributed by atoms with Crippen molar-refractivity contribution in [3.63, 3.8) is 0 Å². The minimum Gasteiger partial charge on any atom is -0.499 e. The Morgan fingerprint density at radius 2 is 1.25 bits per heavy atom. The number of hydrogen-bond acceptors (Lipinski definition) is 5. The molecule has 0 rings (SSSR count). The zero-order valence-electron chi connectivity index (χ0n) is 17.2. The van der Waals surface area contributed by atoms with E-state index in [2.05, 4.69) is 65.5 Å². The fourth-order valence-electron chi connectivity index (χ4n) is 2.60. The van der Waals surface area contributed by atoms with Crippen molar-refractivity contribution in [3.8, 4) is 0 Å². The zero-order valence-corrected chi connectivity index (χ0v) is 21.2. The Balaban J connectivity index is 4.79. The molecule has 24 heavy (non-hydrogen) atoms. The van der Waals surface area contributed by atoms with Crippen molar-refractivity contribution in [1.82, 2.24) is 0 Å². The molecule has 0 amide bonds. The number of rotatable bonds is 13. The summed E-state index contributed by atoms with van der Waals surface area (Å²) in [6.07, 6.45) is 1.43. The highest BCUT2D eigenvalue weighted by atomic mass is 28.5. The molecule has 1 unspecified atom stereocenters. The Hall–Kier alpha value is 0.248. The molecule has 0 aliphatic heterocycles. The molecule has 9 heteroatoms. The van der Waals surface area contributed by atoms with E-state index in [1.54, 1.807) is 0 Å². The molecule has 0 aromatic carbocycles. The summed E-state index contributed by atoms with van der Waals surface area (Å²) in [6.45, 7) is 24.8. The molecular formula is C15H38O5Si4. The van der Waals surface area contributed by atoms with Gasteiger partial charge in [-0.15, -0.1) is 0 Å². The van der Waals surface area contributed by atoms with Gasteiger partial charge in [-0.2, -0.15) is 0 Å².